The van der Waals surface area contributed by atoms with Crippen LogP contribution in [0.3, 0.4) is 0 Å². The number of cyclic esters (lactones) is 1. The zero-order valence-electron chi connectivity index (χ0n) is 11.2. The number of ether oxygens (including phenoxy) is 3. The SMILES string of the molecule is CCCC(OC(C)=O)C1=C(Br)[C@@](OC)(C(Br)Br)OC1=O. The molecular weight excluding hydrogens is 464 g/mol. The van der Waals surface area contributed by atoms with Crippen molar-refractivity contribution in [3.8, 4) is 0 Å². The molecule has 0 spiro atoms. The quantitative estimate of drug-likeness (QED) is 0.432. The van der Waals surface area contributed by atoms with Gasteiger partial charge in [-0.25, -0.2) is 4.79 Å². The molecule has 0 bridgehead atoms. The van der Waals surface area contributed by atoms with Crippen molar-refractivity contribution in [1.29, 1.82) is 0 Å². The van der Waals surface area contributed by atoms with Gasteiger partial charge in [-0.1, -0.05) is 45.2 Å². The van der Waals surface area contributed by atoms with Crippen molar-refractivity contribution >= 4 is 59.7 Å². The molecule has 0 radical (unpaired) electrons. The molecule has 8 heteroatoms. The molecule has 0 aromatic carbocycles. The largest absolute Gasteiger partial charge is 0.457 e. The highest BCUT2D eigenvalue weighted by Gasteiger charge is 2.53. The zero-order valence-corrected chi connectivity index (χ0v) is 16.0. The van der Waals surface area contributed by atoms with Gasteiger partial charge >= 0.3 is 11.9 Å². The molecule has 1 aliphatic rings. The molecule has 0 aromatic rings. The Morgan fingerprint density at radius 2 is 2.05 bits per heavy atom. The first-order valence-electron chi connectivity index (χ1n) is 5.94. The summed E-state index contributed by atoms with van der Waals surface area (Å²) in [5, 5.41) is 0. The summed E-state index contributed by atoms with van der Waals surface area (Å²) in [6.07, 6.45) is 0.616. The third-order valence-electron chi connectivity index (χ3n) is 2.78. The summed E-state index contributed by atoms with van der Waals surface area (Å²) < 4.78 is 15.8. The van der Waals surface area contributed by atoms with Gasteiger partial charge in [-0.3, -0.25) is 4.79 Å². The number of alkyl halides is 2. The van der Waals surface area contributed by atoms with E-state index in [9.17, 15) is 9.59 Å². The number of hydrogen-bond acceptors (Lipinski definition) is 5. The third kappa shape index (κ3) is 3.45. The molecule has 0 N–H and O–H groups in total. The molecule has 1 rings (SSSR count). The first-order chi connectivity index (χ1) is 9.30. The van der Waals surface area contributed by atoms with Crippen LogP contribution < -0.4 is 0 Å². The Morgan fingerprint density at radius 3 is 2.40 bits per heavy atom. The molecule has 114 valence electrons. The third-order valence-corrected chi connectivity index (χ3v) is 4.96. The number of methoxy groups -OCH3 is 1. The number of carbonyl (C=O) groups is 2. The van der Waals surface area contributed by atoms with Crippen LogP contribution in [-0.4, -0.2) is 34.7 Å². The Hall–Kier alpha value is 0.0800. The highest BCUT2D eigenvalue weighted by molar-refractivity contribution is 9.24. The molecule has 1 aliphatic heterocycles. The van der Waals surface area contributed by atoms with Crippen LogP contribution in [0.25, 0.3) is 0 Å². The van der Waals surface area contributed by atoms with Gasteiger partial charge in [0.05, 0.1) is 10.1 Å². The molecular formula is C12H15Br3O5. The summed E-state index contributed by atoms with van der Waals surface area (Å²) in [6.45, 7) is 3.24. The topological polar surface area (TPSA) is 61.8 Å². The first-order valence-corrected chi connectivity index (χ1v) is 8.56. The van der Waals surface area contributed by atoms with E-state index in [1.165, 1.54) is 14.0 Å². The maximum Gasteiger partial charge on any atom is 0.341 e. The Labute approximate surface area is 142 Å². The minimum Gasteiger partial charge on any atom is -0.457 e. The van der Waals surface area contributed by atoms with E-state index in [1.807, 2.05) is 6.92 Å². The Morgan fingerprint density at radius 1 is 1.45 bits per heavy atom. The van der Waals surface area contributed by atoms with Gasteiger partial charge in [0.15, 0.2) is 0 Å². The van der Waals surface area contributed by atoms with Crippen LogP contribution in [0.2, 0.25) is 0 Å². The number of rotatable bonds is 6. The highest BCUT2D eigenvalue weighted by Crippen LogP contribution is 2.46. The second-order valence-electron chi connectivity index (χ2n) is 4.18. The molecule has 1 unspecified atom stereocenters. The number of halogens is 3. The highest BCUT2D eigenvalue weighted by atomic mass is 79.9. The van der Waals surface area contributed by atoms with E-state index in [1.54, 1.807) is 0 Å². The number of hydrogen-bond donors (Lipinski definition) is 0. The van der Waals surface area contributed by atoms with Crippen LogP contribution in [0.15, 0.2) is 10.1 Å². The maximum absolute atomic E-state index is 12.1. The molecule has 0 saturated carbocycles. The molecule has 0 saturated heterocycles. The van der Waals surface area contributed by atoms with Crippen molar-refractivity contribution in [1.82, 2.24) is 0 Å². The van der Waals surface area contributed by atoms with Crippen molar-refractivity contribution in [2.45, 2.75) is 42.3 Å². The normalized spacial score (nSPS) is 24.1. The van der Waals surface area contributed by atoms with Crippen molar-refractivity contribution in [2.24, 2.45) is 0 Å². The minimum absolute atomic E-state index is 0.271. The van der Waals surface area contributed by atoms with E-state index in [0.717, 1.165) is 6.42 Å². The summed E-state index contributed by atoms with van der Waals surface area (Å²) in [5.74, 6) is -2.33. The summed E-state index contributed by atoms with van der Waals surface area (Å²) in [7, 11) is 1.42. The van der Waals surface area contributed by atoms with E-state index >= 15 is 0 Å². The summed E-state index contributed by atoms with van der Waals surface area (Å²) >= 11 is 9.94. The average molecular weight is 479 g/mol. The second kappa shape index (κ2) is 7.38. The van der Waals surface area contributed by atoms with Gasteiger partial charge < -0.3 is 14.2 Å². The fourth-order valence-electron chi connectivity index (χ4n) is 1.87. The van der Waals surface area contributed by atoms with Crippen LogP contribution >= 0.6 is 47.8 Å². The predicted octanol–water partition coefficient (Wildman–Crippen LogP) is 3.38. The molecule has 5 nitrogen and oxygen atoms in total. The summed E-state index contributed by atoms with van der Waals surface area (Å²) in [5.41, 5.74) is 0.271. The van der Waals surface area contributed by atoms with Crippen molar-refractivity contribution in [3.05, 3.63) is 10.1 Å². The lowest BCUT2D eigenvalue weighted by Crippen LogP contribution is -2.39. The zero-order chi connectivity index (χ0) is 15.5. The van der Waals surface area contributed by atoms with Crippen LogP contribution in [0.1, 0.15) is 26.7 Å². The van der Waals surface area contributed by atoms with Crippen LogP contribution in [0.4, 0.5) is 0 Å². The summed E-state index contributed by atoms with van der Waals surface area (Å²) in [4.78, 5) is 23.3. The van der Waals surface area contributed by atoms with Gasteiger partial charge in [-0.05, 0) is 22.4 Å². The average Bonchev–Trinajstić information content (AvgIpc) is 2.60. The second-order valence-corrected chi connectivity index (χ2v) is 8.03. The van der Waals surface area contributed by atoms with Gasteiger partial charge in [0.25, 0.3) is 5.79 Å². The fourth-order valence-corrected chi connectivity index (χ4v) is 4.39. The van der Waals surface area contributed by atoms with E-state index in [4.69, 9.17) is 14.2 Å². The Kier molecular flexibility index (Phi) is 6.69. The fraction of sp³-hybridized carbons (Fsp3) is 0.667. The Balaban J connectivity index is 3.23. The number of carbonyl (C=O) groups excluding carboxylic acids is 2. The monoisotopic (exact) mass is 476 g/mol. The van der Waals surface area contributed by atoms with Crippen LogP contribution in [0, 0.1) is 0 Å². The smallest absolute Gasteiger partial charge is 0.341 e. The van der Waals surface area contributed by atoms with Gasteiger partial charge in [0.2, 0.25) is 0 Å². The molecule has 0 fully saturated rings. The molecule has 2 atom stereocenters. The summed E-state index contributed by atoms with van der Waals surface area (Å²) in [6, 6.07) is 0. The van der Waals surface area contributed by atoms with Crippen molar-refractivity contribution in [3.63, 3.8) is 0 Å². The van der Waals surface area contributed by atoms with E-state index < -0.39 is 27.6 Å². The number of esters is 2. The molecule has 0 aromatic heterocycles. The molecule has 20 heavy (non-hydrogen) atoms. The molecule has 0 amide bonds. The lowest BCUT2D eigenvalue weighted by atomic mass is 10.0. The van der Waals surface area contributed by atoms with Crippen LogP contribution in [-0.2, 0) is 23.8 Å². The lowest BCUT2D eigenvalue weighted by Gasteiger charge is -2.28. The van der Waals surface area contributed by atoms with Gasteiger partial charge in [0, 0.05) is 14.0 Å². The van der Waals surface area contributed by atoms with E-state index in [0.29, 0.717) is 10.9 Å². The van der Waals surface area contributed by atoms with E-state index in [-0.39, 0.29) is 5.57 Å². The van der Waals surface area contributed by atoms with Crippen LogP contribution in [0.5, 0.6) is 0 Å². The van der Waals surface area contributed by atoms with E-state index in [2.05, 4.69) is 47.8 Å². The first kappa shape index (κ1) is 18.1. The van der Waals surface area contributed by atoms with Crippen molar-refractivity contribution in [2.75, 3.05) is 7.11 Å². The molecule has 1 heterocycles. The van der Waals surface area contributed by atoms with Gasteiger partial charge in [-0.2, -0.15) is 0 Å². The van der Waals surface area contributed by atoms with Crippen molar-refractivity contribution < 1.29 is 23.8 Å². The lowest BCUT2D eigenvalue weighted by molar-refractivity contribution is -0.183. The van der Waals surface area contributed by atoms with Gasteiger partial charge in [0.1, 0.15) is 9.84 Å². The van der Waals surface area contributed by atoms with Gasteiger partial charge in [-0.15, -0.1) is 0 Å². The predicted molar refractivity (Wildman–Crippen MR) is 83.9 cm³/mol. The minimum atomic E-state index is -1.31. The standard InChI is InChI=1S/C12H15Br3O5/c1-4-5-7(19-6(2)16)8-9(13)12(18-3,11(14)15)20-10(8)17/h7,11H,4-5H2,1-3H3/t7?,12-/m0/s1. The maximum atomic E-state index is 12.1. The molecule has 0 aliphatic carbocycles. The Bertz CT molecular complexity index is 435.